The number of hydrogen-bond donors (Lipinski definition) is 6. The van der Waals surface area contributed by atoms with Gasteiger partial charge in [-0.1, -0.05) is 66.7 Å². The Morgan fingerprint density at radius 1 is 0.736 bits per heavy atom. The fourth-order valence-electron chi connectivity index (χ4n) is 7.90. The molecule has 1 aliphatic carbocycles. The molecule has 6 amide bonds. The average Bonchev–Trinajstić information content (AvgIpc) is 3.61. The van der Waals surface area contributed by atoms with E-state index in [2.05, 4.69) is 28.2 Å². The Morgan fingerprint density at radius 2 is 1.38 bits per heavy atom. The first-order valence-corrected chi connectivity index (χ1v) is 19.7. The predicted molar refractivity (Wildman–Crippen MR) is 197 cm³/mol. The second kappa shape index (κ2) is 20.6. The van der Waals surface area contributed by atoms with E-state index in [1.165, 1.54) is 23.1 Å². The number of nitrogens with one attached hydrogen (secondary N) is 4. The number of aliphatic hydroxyl groups is 1. The molecule has 6 N–H and O–H groups in total. The van der Waals surface area contributed by atoms with Crippen molar-refractivity contribution in [1.82, 2.24) is 31.1 Å². The minimum atomic E-state index is -1.54. The molecule has 0 aromatic carbocycles. The molecule has 2 heterocycles. The summed E-state index contributed by atoms with van der Waals surface area (Å²) in [5.74, 6) is -4.24. The molecule has 2 aliphatic heterocycles. The zero-order valence-electron chi connectivity index (χ0n) is 32.5. The molecule has 0 spiro atoms. The van der Waals surface area contributed by atoms with Gasteiger partial charge in [0.25, 0.3) is 0 Å². The lowest BCUT2D eigenvalue weighted by Crippen LogP contribution is -2.62. The summed E-state index contributed by atoms with van der Waals surface area (Å²) in [6, 6.07) is -5.75. The molecule has 8 atom stereocenters. The molecule has 0 aromatic heterocycles. The van der Waals surface area contributed by atoms with E-state index in [4.69, 9.17) is 0 Å². The Hall–Kier alpha value is -3.75. The normalized spacial score (nSPS) is 23.7. The van der Waals surface area contributed by atoms with Crippen molar-refractivity contribution in [3.05, 3.63) is 0 Å². The summed E-state index contributed by atoms with van der Waals surface area (Å²) in [7, 11) is 0. The molecule has 3 fully saturated rings. The number of likely N-dealkylation sites (tertiary alicyclic amines) is 2. The van der Waals surface area contributed by atoms with E-state index in [1.54, 1.807) is 0 Å². The van der Waals surface area contributed by atoms with Gasteiger partial charge < -0.3 is 41.3 Å². The van der Waals surface area contributed by atoms with Crippen molar-refractivity contribution in [2.75, 3.05) is 19.6 Å². The number of amides is 6. The maximum absolute atomic E-state index is 14.1. The lowest BCUT2D eigenvalue weighted by atomic mass is 9.79. The van der Waals surface area contributed by atoms with E-state index in [-0.39, 0.29) is 49.6 Å². The molecular formula is C38H64N6O9. The molecule has 3 aliphatic rings. The first kappa shape index (κ1) is 43.7. The SMILES string of the molecule is CCCNC(=O)[C@@H](NC(=O)[C@@H]1CCCN1C(=O)[C@H](CC(=O)O)NC(=O)[C@@H]1CC(C)CCN1C(=O)[C@@H](NC(=O)C[C@H](C)C1CCCCC1)C(C)C)C(C)O. The summed E-state index contributed by atoms with van der Waals surface area (Å²) < 4.78 is 0. The van der Waals surface area contributed by atoms with Crippen LogP contribution in [0, 0.1) is 23.7 Å². The molecule has 3 rings (SSSR count). The Labute approximate surface area is 314 Å². The fourth-order valence-corrected chi connectivity index (χ4v) is 7.90. The van der Waals surface area contributed by atoms with Crippen LogP contribution in [-0.2, 0) is 33.6 Å². The highest BCUT2D eigenvalue weighted by atomic mass is 16.4. The van der Waals surface area contributed by atoms with Gasteiger partial charge in [0.2, 0.25) is 35.4 Å². The maximum Gasteiger partial charge on any atom is 0.305 e. The summed E-state index contributed by atoms with van der Waals surface area (Å²) in [6.07, 6.45) is 6.27. The van der Waals surface area contributed by atoms with Gasteiger partial charge in [-0.05, 0) is 62.7 Å². The number of rotatable bonds is 17. The minimum Gasteiger partial charge on any atom is -0.481 e. The summed E-state index contributed by atoms with van der Waals surface area (Å²) >= 11 is 0. The van der Waals surface area contributed by atoms with E-state index < -0.39 is 78.2 Å². The van der Waals surface area contributed by atoms with Gasteiger partial charge in [0.1, 0.15) is 30.2 Å². The van der Waals surface area contributed by atoms with Crippen LogP contribution in [0.1, 0.15) is 119 Å². The van der Waals surface area contributed by atoms with Crippen LogP contribution in [-0.4, -0.2) is 117 Å². The van der Waals surface area contributed by atoms with Crippen molar-refractivity contribution in [2.24, 2.45) is 23.7 Å². The topological polar surface area (TPSA) is 215 Å². The van der Waals surface area contributed by atoms with Gasteiger partial charge in [-0.25, -0.2) is 0 Å². The first-order valence-electron chi connectivity index (χ1n) is 19.7. The highest BCUT2D eigenvalue weighted by Gasteiger charge is 2.43. The van der Waals surface area contributed by atoms with Crippen LogP contribution in [0.2, 0.25) is 0 Å². The summed E-state index contributed by atoms with van der Waals surface area (Å²) in [4.78, 5) is 95.9. The maximum atomic E-state index is 14.1. The molecule has 53 heavy (non-hydrogen) atoms. The Balaban J connectivity index is 1.75. The average molecular weight is 749 g/mol. The van der Waals surface area contributed by atoms with Crippen LogP contribution in [0.5, 0.6) is 0 Å². The lowest BCUT2D eigenvalue weighted by Gasteiger charge is -2.40. The molecule has 15 heteroatoms. The fraction of sp³-hybridized carbons (Fsp3) is 0.816. The van der Waals surface area contributed by atoms with Crippen molar-refractivity contribution < 1.29 is 43.8 Å². The third-order valence-electron chi connectivity index (χ3n) is 11.1. The number of aliphatic hydroxyl groups excluding tert-OH is 1. The number of carboxylic acid groups (broad SMARTS) is 1. The van der Waals surface area contributed by atoms with E-state index in [0.29, 0.717) is 38.1 Å². The van der Waals surface area contributed by atoms with Crippen molar-refractivity contribution in [3.8, 4) is 0 Å². The number of hydrogen-bond acceptors (Lipinski definition) is 8. The number of nitrogens with zero attached hydrogens (tertiary/aromatic N) is 2. The zero-order chi connectivity index (χ0) is 39.4. The number of carbonyl (C=O) groups is 7. The van der Waals surface area contributed by atoms with Gasteiger partial charge in [0.15, 0.2) is 0 Å². The van der Waals surface area contributed by atoms with Crippen molar-refractivity contribution in [2.45, 2.75) is 155 Å². The molecule has 2 unspecified atom stereocenters. The van der Waals surface area contributed by atoms with Crippen LogP contribution in [0.4, 0.5) is 0 Å². The van der Waals surface area contributed by atoms with Crippen LogP contribution in [0.15, 0.2) is 0 Å². The van der Waals surface area contributed by atoms with Crippen LogP contribution < -0.4 is 21.3 Å². The highest BCUT2D eigenvalue weighted by molar-refractivity contribution is 5.98. The molecule has 0 bridgehead atoms. The van der Waals surface area contributed by atoms with Gasteiger partial charge in [0, 0.05) is 26.1 Å². The van der Waals surface area contributed by atoms with Crippen LogP contribution in [0.3, 0.4) is 0 Å². The van der Waals surface area contributed by atoms with Gasteiger partial charge in [-0.2, -0.15) is 0 Å². The summed E-state index contributed by atoms with van der Waals surface area (Å²) in [6.45, 7) is 11.6. The van der Waals surface area contributed by atoms with E-state index in [1.807, 2.05) is 27.7 Å². The molecule has 300 valence electrons. The third kappa shape index (κ3) is 12.4. The smallest absolute Gasteiger partial charge is 0.305 e. The van der Waals surface area contributed by atoms with Crippen molar-refractivity contribution in [1.29, 1.82) is 0 Å². The van der Waals surface area contributed by atoms with Gasteiger partial charge >= 0.3 is 5.97 Å². The number of carboxylic acids is 1. The molecule has 1 saturated carbocycles. The lowest BCUT2D eigenvalue weighted by molar-refractivity contribution is -0.150. The molecule has 0 aromatic rings. The second-order valence-corrected chi connectivity index (χ2v) is 15.9. The van der Waals surface area contributed by atoms with Gasteiger partial charge in [-0.3, -0.25) is 33.6 Å². The summed E-state index contributed by atoms with van der Waals surface area (Å²) in [5, 5.41) is 30.7. The van der Waals surface area contributed by atoms with Gasteiger partial charge in [-0.15, -0.1) is 0 Å². The molecule has 0 radical (unpaired) electrons. The van der Waals surface area contributed by atoms with Gasteiger partial charge in [0.05, 0.1) is 12.5 Å². The number of carbonyl (C=O) groups excluding carboxylic acids is 6. The molecular weight excluding hydrogens is 684 g/mol. The zero-order valence-corrected chi connectivity index (χ0v) is 32.5. The Kier molecular flexibility index (Phi) is 17.0. The van der Waals surface area contributed by atoms with E-state index in [9.17, 15) is 43.8 Å². The van der Waals surface area contributed by atoms with Crippen molar-refractivity contribution in [3.63, 3.8) is 0 Å². The largest absolute Gasteiger partial charge is 0.481 e. The monoisotopic (exact) mass is 748 g/mol. The molecule has 2 saturated heterocycles. The third-order valence-corrected chi connectivity index (χ3v) is 11.1. The minimum absolute atomic E-state index is 0.0508. The molecule has 15 nitrogen and oxygen atoms in total. The number of aliphatic carboxylic acids is 1. The first-order chi connectivity index (χ1) is 25.0. The highest BCUT2D eigenvalue weighted by Crippen LogP contribution is 2.32. The predicted octanol–water partition coefficient (Wildman–Crippen LogP) is 1.70. The quantitative estimate of drug-likeness (QED) is 0.128. The Morgan fingerprint density at radius 3 is 1.98 bits per heavy atom. The van der Waals surface area contributed by atoms with Crippen LogP contribution in [0.25, 0.3) is 0 Å². The van der Waals surface area contributed by atoms with Crippen LogP contribution >= 0.6 is 0 Å². The standard InChI is InChI=1S/C38H64N6O9/c1-7-16-39-36(51)33(25(6)45)42-34(49)28-14-11-17-43(28)37(52)27(21-31(47)48)40-35(50)29-19-23(4)15-18-44(29)38(53)32(22(2)3)41-30(46)20-24(5)26-12-9-8-10-13-26/h22-29,32-33,45H,7-21H2,1-6H3,(H,39,51)(H,40,50)(H,41,46)(H,42,49)(H,47,48)/t23?,24-,25?,27-,28-,29-,32-,33-/m0/s1. The number of piperidine rings is 1. The summed E-state index contributed by atoms with van der Waals surface area (Å²) in [5.41, 5.74) is 0. The second-order valence-electron chi connectivity index (χ2n) is 15.9. The van der Waals surface area contributed by atoms with E-state index in [0.717, 1.165) is 25.7 Å². The van der Waals surface area contributed by atoms with Crippen molar-refractivity contribution >= 4 is 41.4 Å². The Bertz CT molecular complexity index is 1300. The van der Waals surface area contributed by atoms with E-state index >= 15 is 0 Å².